The third-order valence-corrected chi connectivity index (χ3v) is 5.30. The highest BCUT2D eigenvalue weighted by Gasteiger charge is 2.28. The molecule has 1 unspecified atom stereocenters. The molecule has 0 aromatic carbocycles. The summed E-state index contributed by atoms with van der Waals surface area (Å²) in [5.74, 6) is 1.00. The maximum Gasteiger partial charge on any atom is 0.00926 e. The van der Waals surface area contributed by atoms with Gasteiger partial charge in [0.2, 0.25) is 0 Å². The molecule has 0 saturated heterocycles. The van der Waals surface area contributed by atoms with E-state index in [9.17, 15) is 0 Å². The van der Waals surface area contributed by atoms with Crippen molar-refractivity contribution in [3.63, 3.8) is 0 Å². The zero-order valence-corrected chi connectivity index (χ0v) is 14.0. The smallest absolute Gasteiger partial charge is 0.00926 e. The van der Waals surface area contributed by atoms with Crippen LogP contribution in [0, 0.1) is 11.3 Å². The molecule has 0 aromatic rings. The van der Waals surface area contributed by atoms with Crippen LogP contribution in [-0.2, 0) is 0 Å². The van der Waals surface area contributed by atoms with Crippen molar-refractivity contribution >= 4 is 0 Å². The van der Waals surface area contributed by atoms with E-state index in [1.165, 1.54) is 45.1 Å². The molecule has 19 heavy (non-hydrogen) atoms. The molecule has 0 bridgehead atoms. The number of rotatable bonds is 8. The van der Waals surface area contributed by atoms with E-state index in [0.29, 0.717) is 5.41 Å². The van der Waals surface area contributed by atoms with Gasteiger partial charge in [-0.05, 0) is 57.0 Å². The number of hydrogen-bond donors (Lipinski definition) is 1. The van der Waals surface area contributed by atoms with Gasteiger partial charge in [-0.1, -0.05) is 34.1 Å². The first-order valence-corrected chi connectivity index (χ1v) is 8.45. The average molecular weight is 268 g/mol. The van der Waals surface area contributed by atoms with Gasteiger partial charge in [-0.3, -0.25) is 0 Å². The molecule has 1 saturated carbocycles. The third-order valence-electron chi connectivity index (χ3n) is 5.30. The van der Waals surface area contributed by atoms with Gasteiger partial charge in [-0.15, -0.1) is 0 Å². The van der Waals surface area contributed by atoms with Gasteiger partial charge in [0.25, 0.3) is 0 Å². The van der Waals surface area contributed by atoms with Gasteiger partial charge in [0.15, 0.2) is 0 Å². The van der Waals surface area contributed by atoms with Crippen molar-refractivity contribution < 1.29 is 0 Å². The quantitative estimate of drug-likeness (QED) is 0.718. The number of nitrogens with one attached hydrogen (secondary N) is 1. The Morgan fingerprint density at radius 2 is 1.74 bits per heavy atom. The fraction of sp³-hybridized carbons (Fsp3) is 1.00. The lowest BCUT2D eigenvalue weighted by molar-refractivity contribution is 0.106. The van der Waals surface area contributed by atoms with Crippen LogP contribution in [0.25, 0.3) is 0 Å². The predicted octanol–water partition coefficient (Wildman–Crippen LogP) is 3.91. The Kier molecular flexibility index (Phi) is 7.38. The molecule has 1 atom stereocenters. The van der Waals surface area contributed by atoms with Gasteiger partial charge in [0, 0.05) is 19.1 Å². The minimum absolute atomic E-state index is 0.423. The lowest BCUT2D eigenvalue weighted by atomic mass is 9.82. The third kappa shape index (κ3) is 5.43. The van der Waals surface area contributed by atoms with Crippen LogP contribution in [0.2, 0.25) is 0 Å². The van der Waals surface area contributed by atoms with E-state index >= 15 is 0 Å². The van der Waals surface area contributed by atoms with Crippen molar-refractivity contribution in [2.45, 2.75) is 72.3 Å². The Balaban J connectivity index is 2.42. The molecular formula is C17H36N2. The molecule has 1 aliphatic carbocycles. The van der Waals surface area contributed by atoms with E-state index in [4.69, 9.17) is 0 Å². The van der Waals surface area contributed by atoms with E-state index in [1.54, 1.807) is 0 Å². The topological polar surface area (TPSA) is 15.3 Å². The monoisotopic (exact) mass is 268 g/mol. The maximum atomic E-state index is 3.54. The molecule has 1 fully saturated rings. The summed E-state index contributed by atoms with van der Waals surface area (Å²) in [6.07, 6.45) is 8.35. The molecule has 0 amide bonds. The summed E-state index contributed by atoms with van der Waals surface area (Å²) in [4.78, 5) is 2.65. The normalized spacial score (nSPS) is 27.5. The van der Waals surface area contributed by atoms with Crippen LogP contribution in [0.4, 0.5) is 0 Å². The van der Waals surface area contributed by atoms with Crippen molar-refractivity contribution in [1.82, 2.24) is 10.2 Å². The molecule has 0 heterocycles. The van der Waals surface area contributed by atoms with Crippen LogP contribution < -0.4 is 5.32 Å². The predicted molar refractivity (Wildman–Crippen MR) is 85.6 cm³/mol. The first-order valence-electron chi connectivity index (χ1n) is 8.45. The summed E-state index contributed by atoms with van der Waals surface area (Å²) in [6, 6.07) is 0.829. The fourth-order valence-corrected chi connectivity index (χ4v) is 3.44. The maximum absolute atomic E-state index is 3.54. The second kappa shape index (κ2) is 8.26. The Bertz CT molecular complexity index is 233. The second-order valence-electron chi connectivity index (χ2n) is 6.94. The largest absolute Gasteiger partial charge is 0.316 e. The standard InChI is InChI=1S/C17H36N2/c1-6-15-9-11-16(12-10-15)19(5)14-17(4,7-2)13-18-8-3/h15-16,18H,6-14H2,1-5H3. The van der Waals surface area contributed by atoms with Crippen LogP contribution >= 0.6 is 0 Å². The highest BCUT2D eigenvalue weighted by atomic mass is 15.1. The molecule has 1 aliphatic rings. The summed E-state index contributed by atoms with van der Waals surface area (Å²) in [7, 11) is 2.34. The van der Waals surface area contributed by atoms with Crippen LogP contribution in [0.3, 0.4) is 0 Å². The Morgan fingerprint density at radius 3 is 2.21 bits per heavy atom. The van der Waals surface area contributed by atoms with Crippen molar-refractivity contribution in [1.29, 1.82) is 0 Å². The summed E-state index contributed by atoms with van der Waals surface area (Å²) in [6.45, 7) is 12.8. The van der Waals surface area contributed by atoms with Gasteiger partial charge < -0.3 is 10.2 Å². The lowest BCUT2D eigenvalue weighted by Gasteiger charge is -2.40. The fourth-order valence-electron chi connectivity index (χ4n) is 3.44. The first kappa shape index (κ1) is 17.0. The highest BCUT2D eigenvalue weighted by Crippen LogP contribution is 2.31. The molecule has 0 aliphatic heterocycles. The zero-order chi connectivity index (χ0) is 14.3. The highest BCUT2D eigenvalue weighted by molar-refractivity contribution is 4.84. The Labute approximate surface area is 121 Å². The summed E-state index contributed by atoms with van der Waals surface area (Å²) < 4.78 is 0. The summed E-state index contributed by atoms with van der Waals surface area (Å²) in [5, 5.41) is 3.54. The SMILES string of the molecule is CCNCC(C)(CC)CN(C)C1CCC(CC)CC1. The molecule has 2 nitrogen and oxygen atoms in total. The Hall–Kier alpha value is -0.0800. The second-order valence-corrected chi connectivity index (χ2v) is 6.94. The molecule has 0 radical (unpaired) electrons. The number of nitrogens with zero attached hydrogens (tertiary/aromatic N) is 1. The zero-order valence-electron chi connectivity index (χ0n) is 14.0. The van der Waals surface area contributed by atoms with Gasteiger partial charge in [0.05, 0.1) is 0 Å². The average Bonchev–Trinajstić information content (AvgIpc) is 2.45. The molecule has 2 heteroatoms. The minimum atomic E-state index is 0.423. The number of hydrogen-bond acceptors (Lipinski definition) is 2. The van der Waals surface area contributed by atoms with Gasteiger partial charge in [-0.2, -0.15) is 0 Å². The molecule has 1 N–H and O–H groups in total. The van der Waals surface area contributed by atoms with Crippen LogP contribution in [0.1, 0.15) is 66.2 Å². The molecule has 1 rings (SSSR count). The molecular weight excluding hydrogens is 232 g/mol. The van der Waals surface area contributed by atoms with Gasteiger partial charge in [0.1, 0.15) is 0 Å². The Morgan fingerprint density at radius 1 is 1.11 bits per heavy atom. The molecule has 114 valence electrons. The summed E-state index contributed by atoms with van der Waals surface area (Å²) >= 11 is 0. The van der Waals surface area contributed by atoms with Crippen molar-refractivity contribution in [2.75, 3.05) is 26.7 Å². The first-order chi connectivity index (χ1) is 9.04. The minimum Gasteiger partial charge on any atom is -0.316 e. The van der Waals surface area contributed by atoms with Crippen LogP contribution in [0.15, 0.2) is 0 Å². The van der Waals surface area contributed by atoms with E-state index in [0.717, 1.165) is 25.0 Å². The van der Waals surface area contributed by atoms with Crippen molar-refractivity contribution in [3.05, 3.63) is 0 Å². The van der Waals surface area contributed by atoms with E-state index < -0.39 is 0 Å². The molecule has 0 aromatic heterocycles. The van der Waals surface area contributed by atoms with E-state index in [1.807, 2.05) is 0 Å². The van der Waals surface area contributed by atoms with Gasteiger partial charge >= 0.3 is 0 Å². The van der Waals surface area contributed by atoms with Crippen molar-refractivity contribution in [2.24, 2.45) is 11.3 Å². The van der Waals surface area contributed by atoms with Crippen molar-refractivity contribution in [3.8, 4) is 0 Å². The van der Waals surface area contributed by atoms with E-state index in [-0.39, 0.29) is 0 Å². The van der Waals surface area contributed by atoms with E-state index in [2.05, 4.69) is 45.0 Å². The van der Waals surface area contributed by atoms with Crippen LogP contribution in [-0.4, -0.2) is 37.6 Å². The lowest BCUT2D eigenvalue weighted by Crippen LogP contribution is -2.45. The van der Waals surface area contributed by atoms with Crippen LogP contribution in [0.5, 0.6) is 0 Å². The molecule has 0 spiro atoms. The van der Waals surface area contributed by atoms with Gasteiger partial charge in [-0.25, -0.2) is 0 Å². The summed E-state index contributed by atoms with van der Waals surface area (Å²) in [5.41, 5.74) is 0.423.